The Bertz CT molecular complexity index is 912. The molecule has 7 heteroatoms. The average Bonchev–Trinajstić information content (AvgIpc) is 2.94. The van der Waals surface area contributed by atoms with Crippen molar-refractivity contribution < 1.29 is 13.5 Å². The zero-order chi connectivity index (χ0) is 17.4. The Hall–Kier alpha value is -2.28. The Morgan fingerprint density at radius 3 is 2.96 bits per heavy atom. The van der Waals surface area contributed by atoms with Crippen molar-refractivity contribution in [2.24, 2.45) is 5.92 Å². The molecule has 25 heavy (non-hydrogen) atoms. The van der Waals surface area contributed by atoms with E-state index in [-0.39, 0.29) is 5.75 Å². The molecule has 2 aromatic heterocycles. The van der Waals surface area contributed by atoms with Gasteiger partial charge in [0.1, 0.15) is 22.7 Å². The highest BCUT2D eigenvalue weighted by Gasteiger charge is 2.23. The van der Waals surface area contributed by atoms with E-state index in [1.807, 2.05) is 0 Å². The Labute approximate surface area is 147 Å². The van der Waals surface area contributed by atoms with Crippen molar-refractivity contribution in [3.8, 4) is 5.75 Å². The van der Waals surface area contributed by atoms with Crippen molar-refractivity contribution in [1.29, 1.82) is 0 Å². The summed E-state index contributed by atoms with van der Waals surface area (Å²) < 4.78 is 29.9. The molecule has 1 atom stereocenters. The predicted molar refractivity (Wildman–Crippen MR) is 95.0 cm³/mol. The van der Waals surface area contributed by atoms with Gasteiger partial charge in [-0.15, -0.1) is 11.3 Å². The minimum absolute atomic E-state index is 0.0991. The average molecular weight is 361 g/mol. The van der Waals surface area contributed by atoms with Crippen molar-refractivity contribution in [2.75, 3.05) is 5.32 Å². The molecule has 0 bridgehead atoms. The minimum atomic E-state index is -2.87. The number of benzene rings is 1. The van der Waals surface area contributed by atoms with Crippen molar-refractivity contribution >= 4 is 33.1 Å². The normalized spacial score (nSPS) is 16.9. The maximum absolute atomic E-state index is 12.6. The predicted octanol–water partition coefficient (Wildman–Crippen LogP) is 5.16. The second kappa shape index (κ2) is 6.55. The SMILES string of the molecule is C[C@@H]1CCc2c(sc3ncnc(Nc4ccccc4OC(F)F)c23)C1. The van der Waals surface area contributed by atoms with E-state index in [0.29, 0.717) is 17.4 Å². The lowest BCUT2D eigenvalue weighted by Crippen LogP contribution is -2.09. The van der Waals surface area contributed by atoms with Gasteiger partial charge in [-0.1, -0.05) is 19.1 Å². The van der Waals surface area contributed by atoms with Crippen molar-refractivity contribution in [2.45, 2.75) is 32.8 Å². The van der Waals surface area contributed by atoms with Gasteiger partial charge in [0.15, 0.2) is 0 Å². The van der Waals surface area contributed by atoms with Gasteiger partial charge in [0.25, 0.3) is 0 Å². The standard InChI is InChI=1S/C18H17F2N3OS/c1-10-6-7-11-14(8-10)25-17-15(11)16(21-9-22-17)23-12-4-2-3-5-13(12)24-18(19)20/h2-5,9-10,18H,6-8H2,1H3,(H,21,22,23)/t10-/m1/s1. The third kappa shape index (κ3) is 3.16. The highest BCUT2D eigenvalue weighted by molar-refractivity contribution is 7.19. The molecule has 1 aromatic carbocycles. The fraction of sp³-hybridized carbons (Fsp3) is 0.333. The van der Waals surface area contributed by atoms with Gasteiger partial charge in [0.2, 0.25) is 0 Å². The van der Waals surface area contributed by atoms with Crippen LogP contribution in [0.3, 0.4) is 0 Å². The summed E-state index contributed by atoms with van der Waals surface area (Å²) in [4.78, 5) is 11.1. The van der Waals surface area contributed by atoms with E-state index >= 15 is 0 Å². The fourth-order valence-electron chi connectivity index (χ4n) is 3.27. The molecule has 0 aliphatic heterocycles. The Morgan fingerprint density at radius 1 is 1.28 bits per heavy atom. The minimum Gasteiger partial charge on any atom is -0.433 e. The summed E-state index contributed by atoms with van der Waals surface area (Å²) in [5.74, 6) is 1.41. The van der Waals surface area contributed by atoms with E-state index in [4.69, 9.17) is 0 Å². The summed E-state index contributed by atoms with van der Waals surface area (Å²) in [6, 6.07) is 6.64. The molecule has 1 aliphatic carbocycles. The molecule has 2 heterocycles. The first-order chi connectivity index (χ1) is 12.1. The van der Waals surface area contributed by atoms with Crippen molar-refractivity contribution in [3.63, 3.8) is 0 Å². The lowest BCUT2D eigenvalue weighted by atomic mass is 9.89. The molecular weight excluding hydrogens is 344 g/mol. The Morgan fingerprint density at radius 2 is 2.12 bits per heavy atom. The first-order valence-electron chi connectivity index (χ1n) is 8.18. The number of halogens is 2. The highest BCUT2D eigenvalue weighted by Crippen LogP contribution is 2.41. The van der Waals surface area contributed by atoms with Crippen LogP contribution in [0.5, 0.6) is 5.75 Å². The number of fused-ring (bicyclic) bond motifs is 3. The van der Waals surface area contributed by atoms with E-state index in [9.17, 15) is 8.78 Å². The number of hydrogen-bond donors (Lipinski definition) is 1. The zero-order valence-corrected chi connectivity index (χ0v) is 14.4. The number of nitrogens with one attached hydrogen (secondary N) is 1. The third-order valence-electron chi connectivity index (χ3n) is 4.45. The van der Waals surface area contributed by atoms with Gasteiger partial charge in [-0.05, 0) is 42.9 Å². The largest absolute Gasteiger partial charge is 0.433 e. The summed E-state index contributed by atoms with van der Waals surface area (Å²) in [6.45, 7) is -0.612. The molecule has 130 valence electrons. The zero-order valence-electron chi connectivity index (χ0n) is 13.6. The van der Waals surface area contributed by atoms with Gasteiger partial charge in [-0.2, -0.15) is 8.78 Å². The van der Waals surface area contributed by atoms with Gasteiger partial charge in [-0.25, -0.2) is 9.97 Å². The summed E-state index contributed by atoms with van der Waals surface area (Å²) in [7, 11) is 0. The van der Waals surface area contributed by atoms with Gasteiger partial charge in [0.05, 0.1) is 11.1 Å². The summed E-state index contributed by atoms with van der Waals surface area (Å²) in [6.07, 6.45) is 4.69. The van der Waals surface area contributed by atoms with Gasteiger partial charge in [-0.3, -0.25) is 0 Å². The van der Waals surface area contributed by atoms with E-state index in [2.05, 4.69) is 26.9 Å². The number of ether oxygens (including phenoxy) is 1. The van der Waals surface area contributed by atoms with E-state index in [1.165, 1.54) is 22.8 Å². The third-order valence-corrected chi connectivity index (χ3v) is 5.61. The number of para-hydroxylation sites is 2. The van der Waals surface area contributed by atoms with Crippen LogP contribution in [0.25, 0.3) is 10.2 Å². The van der Waals surface area contributed by atoms with Crippen LogP contribution in [-0.2, 0) is 12.8 Å². The van der Waals surface area contributed by atoms with Crippen LogP contribution >= 0.6 is 11.3 Å². The van der Waals surface area contributed by atoms with Crippen LogP contribution in [0, 0.1) is 5.92 Å². The molecule has 1 N–H and O–H groups in total. The van der Waals surface area contributed by atoms with Crippen molar-refractivity contribution in [3.05, 3.63) is 41.0 Å². The topological polar surface area (TPSA) is 47.0 Å². The van der Waals surface area contributed by atoms with Crippen molar-refractivity contribution in [1.82, 2.24) is 9.97 Å². The highest BCUT2D eigenvalue weighted by atomic mass is 32.1. The molecular formula is C18H17F2N3OS. The maximum Gasteiger partial charge on any atom is 0.387 e. The monoisotopic (exact) mass is 361 g/mol. The van der Waals surface area contributed by atoms with Gasteiger partial charge < -0.3 is 10.1 Å². The number of nitrogens with zero attached hydrogens (tertiary/aromatic N) is 2. The van der Waals surface area contributed by atoms with Crippen LogP contribution < -0.4 is 10.1 Å². The Balaban J connectivity index is 1.76. The fourth-order valence-corrected chi connectivity index (χ4v) is 4.62. The first kappa shape index (κ1) is 16.2. The van der Waals surface area contributed by atoms with Gasteiger partial charge in [0, 0.05) is 4.88 Å². The van der Waals surface area contributed by atoms with E-state index in [1.54, 1.807) is 29.5 Å². The molecule has 0 fully saturated rings. The Kier molecular flexibility index (Phi) is 4.25. The molecule has 0 radical (unpaired) electrons. The van der Waals surface area contributed by atoms with Crippen LogP contribution in [0.4, 0.5) is 20.3 Å². The molecule has 1 aliphatic rings. The maximum atomic E-state index is 12.6. The molecule has 3 aromatic rings. The molecule has 4 rings (SSSR count). The lowest BCUT2D eigenvalue weighted by molar-refractivity contribution is -0.0493. The molecule has 0 amide bonds. The number of hydrogen-bond acceptors (Lipinski definition) is 5. The second-order valence-corrected chi connectivity index (χ2v) is 7.34. The molecule has 0 spiro atoms. The molecule has 4 nitrogen and oxygen atoms in total. The molecule has 0 saturated heterocycles. The number of rotatable bonds is 4. The molecule has 0 saturated carbocycles. The van der Waals surface area contributed by atoms with Crippen LogP contribution in [0.1, 0.15) is 23.8 Å². The van der Waals surface area contributed by atoms with Crippen LogP contribution in [0.2, 0.25) is 0 Å². The first-order valence-corrected chi connectivity index (χ1v) is 8.99. The number of anilines is 2. The number of thiophene rings is 1. The lowest BCUT2D eigenvalue weighted by Gasteiger charge is -2.18. The second-order valence-electron chi connectivity index (χ2n) is 6.25. The summed E-state index contributed by atoms with van der Waals surface area (Å²) in [5, 5.41) is 4.17. The summed E-state index contributed by atoms with van der Waals surface area (Å²) >= 11 is 1.70. The number of aromatic nitrogens is 2. The van der Waals surface area contributed by atoms with E-state index in [0.717, 1.165) is 29.5 Å². The van der Waals surface area contributed by atoms with E-state index < -0.39 is 6.61 Å². The number of alkyl halides is 2. The quantitative estimate of drug-likeness (QED) is 0.697. The van der Waals surface area contributed by atoms with Gasteiger partial charge >= 0.3 is 6.61 Å². The van der Waals surface area contributed by atoms with Crippen LogP contribution in [0.15, 0.2) is 30.6 Å². The smallest absolute Gasteiger partial charge is 0.387 e. The summed E-state index contributed by atoms with van der Waals surface area (Å²) in [5.41, 5.74) is 1.75. The molecule has 0 unspecified atom stereocenters. The number of aryl methyl sites for hydroxylation is 1. The van der Waals surface area contributed by atoms with Crippen LogP contribution in [-0.4, -0.2) is 16.6 Å².